The molecule has 1 saturated heterocycles. The zero-order chi connectivity index (χ0) is 15.2. The number of benzene rings is 1. The maximum atomic E-state index is 9.30. The van der Waals surface area contributed by atoms with Gasteiger partial charge < -0.3 is 24.8 Å². The highest BCUT2D eigenvalue weighted by atomic mass is 32.1. The Morgan fingerprint density at radius 1 is 1.43 bits per heavy atom. The molecule has 0 saturated carbocycles. The molecule has 2 N–H and O–H groups in total. The normalized spacial score (nSPS) is 18.2. The van der Waals surface area contributed by atoms with Crippen LogP contribution in [-0.4, -0.2) is 49.0 Å². The first kappa shape index (κ1) is 15.9. The fourth-order valence-electron chi connectivity index (χ4n) is 2.49. The van der Waals surface area contributed by atoms with Crippen LogP contribution in [0.2, 0.25) is 0 Å². The highest BCUT2D eigenvalue weighted by molar-refractivity contribution is 7.80. The lowest BCUT2D eigenvalue weighted by molar-refractivity contribution is 0.162. The van der Waals surface area contributed by atoms with E-state index in [1.54, 1.807) is 14.2 Å². The number of nitrogens with one attached hydrogen (secondary N) is 1. The first-order chi connectivity index (χ1) is 10.2. The second kappa shape index (κ2) is 7.47. The predicted octanol–water partition coefficient (Wildman–Crippen LogP) is 2.10. The standard InChI is InChI=1S/C15H22N2O3S/c1-19-12-5-6-13(14(8-12)20-2)16-15(21)17-7-3-4-11(9-17)10-18/h5-6,8,11,18H,3-4,7,9-10H2,1-2H3,(H,16,21)/t11-/m1/s1. The van der Waals surface area contributed by atoms with Crippen LogP contribution in [0.4, 0.5) is 5.69 Å². The number of ether oxygens (including phenoxy) is 2. The molecule has 0 aromatic heterocycles. The number of methoxy groups -OCH3 is 2. The molecule has 116 valence electrons. The van der Waals surface area contributed by atoms with E-state index in [4.69, 9.17) is 21.7 Å². The van der Waals surface area contributed by atoms with Crippen molar-refractivity contribution in [1.82, 2.24) is 4.90 Å². The third-order valence-electron chi connectivity index (χ3n) is 3.71. The second-order valence-corrected chi connectivity index (χ2v) is 5.52. The quantitative estimate of drug-likeness (QED) is 0.831. The van der Waals surface area contributed by atoms with Crippen molar-refractivity contribution in [3.63, 3.8) is 0 Å². The summed E-state index contributed by atoms with van der Waals surface area (Å²) in [6, 6.07) is 5.56. The number of likely N-dealkylation sites (tertiary alicyclic amines) is 1. The van der Waals surface area contributed by atoms with Gasteiger partial charge in [0.1, 0.15) is 11.5 Å². The number of piperidine rings is 1. The van der Waals surface area contributed by atoms with Crippen LogP contribution < -0.4 is 14.8 Å². The van der Waals surface area contributed by atoms with E-state index in [1.165, 1.54) is 0 Å². The van der Waals surface area contributed by atoms with Crippen molar-refractivity contribution in [1.29, 1.82) is 0 Å². The van der Waals surface area contributed by atoms with E-state index in [0.29, 0.717) is 16.8 Å². The van der Waals surface area contributed by atoms with Gasteiger partial charge >= 0.3 is 0 Å². The van der Waals surface area contributed by atoms with Crippen LogP contribution in [0.1, 0.15) is 12.8 Å². The largest absolute Gasteiger partial charge is 0.497 e. The lowest BCUT2D eigenvalue weighted by atomic mass is 9.99. The zero-order valence-electron chi connectivity index (χ0n) is 12.5. The molecule has 0 bridgehead atoms. The van der Waals surface area contributed by atoms with Crippen LogP contribution in [0.3, 0.4) is 0 Å². The minimum atomic E-state index is 0.213. The van der Waals surface area contributed by atoms with Crippen LogP contribution in [0.5, 0.6) is 11.5 Å². The molecule has 1 aliphatic heterocycles. The monoisotopic (exact) mass is 310 g/mol. The van der Waals surface area contributed by atoms with Gasteiger partial charge in [-0.1, -0.05) is 0 Å². The molecule has 1 aromatic carbocycles. The van der Waals surface area contributed by atoms with Crippen LogP contribution in [0.25, 0.3) is 0 Å². The molecule has 1 fully saturated rings. The SMILES string of the molecule is COc1ccc(NC(=S)N2CCC[C@@H](CO)C2)c(OC)c1. The van der Waals surface area contributed by atoms with Gasteiger partial charge in [0, 0.05) is 25.8 Å². The molecular weight excluding hydrogens is 288 g/mol. The average Bonchev–Trinajstić information content (AvgIpc) is 2.55. The Morgan fingerprint density at radius 3 is 2.90 bits per heavy atom. The number of hydrogen-bond acceptors (Lipinski definition) is 4. The molecule has 1 aliphatic rings. The molecule has 5 nitrogen and oxygen atoms in total. The maximum Gasteiger partial charge on any atom is 0.173 e. The third kappa shape index (κ3) is 3.98. The van der Waals surface area contributed by atoms with Crippen molar-refractivity contribution < 1.29 is 14.6 Å². The van der Waals surface area contributed by atoms with Crippen molar-refractivity contribution in [2.45, 2.75) is 12.8 Å². The highest BCUT2D eigenvalue weighted by Crippen LogP contribution is 2.29. The Balaban J connectivity index is 2.05. The lowest BCUT2D eigenvalue weighted by Crippen LogP contribution is -2.43. The first-order valence-electron chi connectivity index (χ1n) is 7.06. The summed E-state index contributed by atoms with van der Waals surface area (Å²) in [6.45, 7) is 1.92. The summed E-state index contributed by atoms with van der Waals surface area (Å²) in [5.74, 6) is 1.73. The van der Waals surface area contributed by atoms with Crippen molar-refractivity contribution in [3.05, 3.63) is 18.2 Å². The smallest absolute Gasteiger partial charge is 0.173 e. The third-order valence-corrected chi connectivity index (χ3v) is 4.07. The Hall–Kier alpha value is -1.53. The summed E-state index contributed by atoms with van der Waals surface area (Å²) in [6.07, 6.45) is 2.11. The van der Waals surface area contributed by atoms with Gasteiger partial charge in [0.25, 0.3) is 0 Å². The number of rotatable bonds is 4. The van der Waals surface area contributed by atoms with Gasteiger partial charge in [-0.25, -0.2) is 0 Å². The van der Waals surface area contributed by atoms with Gasteiger partial charge in [-0.15, -0.1) is 0 Å². The highest BCUT2D eigenvalue weighted by Gasteiger charge is 2.21. The van der Waals surface area contributed by atoms with Gasteiger partial charge in [0.05, 0.1) is 19.9 Å². The zero-order valence-corrected chi connectivity index (χ0v) is 13.3. The van der Waals surface area contributed by atoms with E-state index in [1.807, 2.05) is 18.2 Å². The fourth-order valence-corrected chi connectivity index (χ4v) is 2.77. The molecule has 0 aliphatic carbocycles. The maximum absolute atomic E-state index is 9.30. The number of hydrogen-bond donors (Lipinski definition) is 2. The number of anilines is 1. The molecular formula is C15H22N2O3S. The number of aliphatic hydroxyl groups is 1. The number of nitrogens with zero attached hydrogens (tertiary/aromatic N) is 1. The van der Waals surface area contributed by atoms with Crippen molar-refractivity contribution in [2.24, 2.45) is 5.92 Å². The molecule has 0 radical (unpaired) electrons. The van der Waals surface area contributed by atoms with Gasteiger partial charge in [0.2, 0.25) is 0 Å². The van der Waals surface area contributed by atoms with Crippen molar-refractivity contribution in [3.8, 4) is 11.5 Å². The molecule has 0 spiro atoms. The Kier molecular flexibility index (Phi) is 5.64. The summed E-state index contributed by atoms with van der Waals surface area (Å²) >= 11 is 5.47. The van der Waals surface area contributed by atoms with E-state index >= 15 is 0 Å². The van der Waals surface area contributed by atoms with Crippen molar-refractivity contribution >= 4 is 23.0 Å². The van der Waals surface area contributed by atoms with Crippen LogP contribution in [0.15, 0.2) is 18.2 Å². The van der Waals surface area contributed by atoms with Gasteiger partial charge in [-0.05, 0) is 43.1 Å². The van der Waals surface area contributed by atoms with Crippen molar-refractivity contribution in [2.75, 3.05) is 39.2 Å². The summed E-state index contributed by atoms with van der Waals surface area (Å²) < 4.78 is 10.5. The molecule has 0 unspecified atom stereocenters. The molecule has 0 amide bonds. The van der Waals surface area contributed by atoms with E-state index in [9.17, 15) is 5.11 Å². The molecule has 1 heterocycles. The first-order valence-corrected chi connectivity index (χ1v) is 7.47. The fraction of sp³-hybridized carbons (Fsp3) is 0.533. The Morgan fingerprint density at radius 2 is 2.24 bits per heavy atom. The van der Waals surface area contributed by atoms with Gasteiger partial charge in [-0.2, -0.15) is 0 Å². The molecule has 1 atom stereocenters. The minimum absolute atomic E-state index is 0.213. The van der Waals surface area contributed by atoms with Crippen LogP contribution >= 0.6 is 12.2 Å². The Labute approximate surface area is 130 Å². The van der Waals surface area contributed by atoms with E-state index in [0.717, 1.165) is 37.4 Å². The number of aliphatic hydroxyl groups excluding tert-OH is 1. The summed E-state index contributed by atoms with van der Waals surface area (Å²) in [5, 5.41) is 13.2. The minimum Gasteiger partial charge on any atom is -0.497 e. The summed E-state index contributed by atoms with van der Waals surface area (Å²) in [4.78, 5) is 2.10. The topological polar surface area (TPSA) is 54.0 Å². The van der Waals surface area contributed by atoms with E-state index in [-0.39, 0.29) is 6.61 Å². The molecule has 1 aromatic rings. The van der Waals surface area contributed by atoms with Gasteiger partial charge in [-0.3, -0.25) is 0 Å². The van der Waals surface area contributed by atoms with Crippen LogP contribution in [-0.2, 0) is 0 Å². The molecule has 21 heavy (non-hydrogen) atoms. The van der Waals surface area contributed by atoms with E-state index in [2.05, 4.69) is 10.2 Å². The molecule has 2 rings (SSSR count). The average molecular weight is 310 g/mol. The summed E-state index contributed by atoms with van der Waals surface area (Å²) in [5.41, 5.74) is 0.814. The molecule has 6 heteroatoms. The lowest BCUT2D eigenvalue weighted by Gasteiger charge is -2.34. The Bertz CT molecular complexity index is 496. The van der Waals surface area contributed by atoms with Crippen LogP contribution in [0, 0.1) is 5.92 Å². The summed E-state index contributed by atoms with van der Waals surface area (Å²) in [7, 11) is 3.24. The predicted molar refractivity (Wildman–Crippen MR) is 87.1 cm³/mol. The van der Waals surface area contributed by atoms with E-state index < -0.39 is 0 Å². The van der Waals surface area contributed by atoms with Gasteiger partial charge in [0.15, 0.2) is 5.11 Å². The number of thiocarbonyl (C=S) groups is 1. The second-order valence-electron chi connectivity index (χ2n) is 5.13.